The van der Waals surface area contributed by atoms with Crippen molar-refractivity contribution >= 4 is 16.5 Å². The Balaban J connectivity index is 2.25. The number of hydrogen-bond acceptors (Lipinski definition) is 2. The summed E-state index contributed by atoms with van der Waals surface area (Å²) < 4.78 is 0. The van der Waals surface area contributed by atoms with E-state index in [1.54, 1.807) is 0 Å². The van der Waals surface area contributed by atoms with Crippen molar-refractivity contribution in [2.24, 2.45) is 5.73 Å². The molecule has 0 radical (unpaired) electrons. The van der Waals surface area contributed by atoms with Crippen LogP contribution in [-0.4, -0.2) is 12.1 Å². The minimum absolute atomic E-state index is 0.0389. The first-order valence-electron chi connectivity index (χ1n) is 6.08. The van der Waals surface area contributed by atoms with Crippen LogP contribution in [0.1, 0.15) is 20.3 Å². The number of rotatable bonds is 4. The first-order valence-corrected chi connectivity index (χ1v) is 6.08. The van der Waals surface area contributed by atoms with Crippen molar-refractivity contribution in [1.82, 2.24) is 0 Å². The Morgan fingerprint density at radius 1 is 1.06 bits per heavy atom. The normalized spacial score (nSPS) is 11.7. The van der Waals surface area contributed by atoms with Gasteiger partial charge in [-0.05, 0) is 49.7 Å². The summed E-state index contributed by atoms with van der Waals surface area (Å²) in [6, 6.07) is 14.9. The molecule has 2 aromatic carbocycles. The fourth-order valence-electron chi connectivity index (χ4n) is 2.08. The highest BCUT2D eigenvalue weighted by Crippen LogP contribution is 2.22. The Morgan fingerprint density at radius 2 is 1.76 bits per heavy atom. The van der Waals surface area contributed by atoms with Gasteiger partial charge in [0.25, 0.3) is 0 Å². The third-order valence-electron chi connectivity index (χ3n) is 3.00. The average Bonchev–Trinajstić information content (AvgIpc) is 2.28. The fourth-order valence-corrected chi connectivity index (χ4v) is 2.08. The predicted molar refractivity (Wildman–Crippen MR) is 75.3 cm³/mol. The van der Waals surface area contributed by atoms with Gasteiger partial charge in [0.15, 0.2) is 0 Å². The van der Waals surface area contributed by atoms with Gasteiger partial charge in [0.1, 0.15) is 0 Å². The van der Waals surface area contributed by atoms with Crippen LogP contribution in [0.3, 0.4) is 0 Å². The van der Waals surface area contributed by atoms with E-state index in [0.717, 1.165) is 12.1 Å². The smallest absolute Gasteiger partial charge is 0.0350 e. The van der Waals surface area contributed by atoms with Crippen LogP contribution < -0.4 is 11.1 Å². The van der Waals surface area contributed by atoms with Crippen molar-refractivity contribution in [2.45, 2.75) is 25.8 Å². The predicted octanol–water partition coefficient (Wildman–Crippen LogP) is 3.38. The maximum Gasteiger partial charge on any atom is 0.0350 e. The van der Waals surface area contributed by atoms with E-state index in [9.17, 15) is 0 Å². The molecular weight excluding hydrogens is 208 g/mol. The summed E-state index contributed by atoms with van der Waals surface area (Å²) in [4.78, 5) is 0. The van der Waals surface area contributed by atoms with E-state index in [2.05, 4.69) is 61.6 Å². The quantitative estimate of drug-likeness (QED) is 0.842. The number of hydrogen-bond donors (Lipinski definition) is 2. The van der Waals surface area contributed by atoms with Crippen LogP contribution in [0.5, 0.6) is 0 Å². The molecular formula is C15H20N2. The third kappa shape index (κ3) is 2.98. The summed E-state index contributed by atoms with van der Waals surface area (Å²) in [6.45, 7) is 5.05. The standard InChI is InChI=1S/C15H20N2/c1-15(2,9-10-16)17-14-8-7-12-5-3-4-6-13(12)11-14/h3-8,11,17H,9-10,16H2,1-2H3. The molecule has 0 atom stereocenters. The topological polar surface area (TPSA) is 38.0 Å². The molecule has 0 aliphatic rings. The molecule has 0 amide bonds. The van der Waals surface area contributed by atoms with Gasteiger partial charge >= 0.3 is 0 Å². The monoisotopic (exact) mass is 228 g/mol. The highest BCUT2D eigenvalue weighted by Gasteiger charge is 2.15. The fraction of sp³-hybridized carbons (Fsp3) is 0.333. The number of fused-ring (bicyclic) bond motifs is 1. The molecule has 2 heteroatoms. The lowest BCUT2D eigenvalue weighted by Crippen LogP contribution is -2.33. The first kappa shape index (κ1) is 11.9. The van der Waals surface area contributed by atoms with Gasteiger partial charge in [0.2, 0.25) is 0 Å². The van der Waals surface area contributed by atoms with E-state index in [0.29, 0.717) is 6.54 Å². The molecule has 2 nitrogen and oxygen atoms in total. The molecule has 0 heterocycles. The second kappa shape index (κ2) is 4.76. The van der Waals surface area contributed by atoms with Crippen molar-refractivity contribution in [3.05, 3.63) is 42.5 Å². The summed E-state index contributed by atoms with van der Waals surface area (Å²) in [7, 11) is 0. The minimum Gasteiger partial charge on any atom is -0.380 e. The Bertz CT molecular complexity index is 503. The molecule has 17 heavy (non-hydrogen) atoms. The van der Waals surface area contributed by atoms with Crippen LogP contribution >= 0.6 is 0 Å². The van der Waals surface area contributed by atoms with E-state index in [1.165, 1.54) is 10.8 Å². The van der Waals surface area contributed by atoms with Crippen molar-refractivity contribution < 1.29 is 0 Å². The van der Waals surface area contributed by atoms with E-state index in [4.69, 9.17) is 5.73 Å². The third-order valence-corrected chi connectivity index (χ3v) is 3.00. The molecule has 2 rings (SSSR count). The molecule has 0 saturated carbocycles. The van der Waals surface area contributed by atoms with Crippen molar-refractivity contribution in [2.75, 3.05) is 11.9 Å². The highest BCUT2D eigenvalue weighted by molar-refractivity contribution is 5.85. The zero-order chi connectivity index (χ0) is 12.3. The lowest BCUT2D eigenvalue weighted by molar-refractivity contribution is 0.527. The number of nitrogens with two attached hydrogens (primary N) is 1. The molecule has 0 aliphatic carbocycles. The molecule has 90 valence electrons. The van der Waals surface area contributed by atoms with Gasteiger partial charge in [0, 0.05) is 11.2 Å². The molecule has 0 aromatic heterocycles. The van der Waals surface area contributed by atoms with Gasteiger partial charge in [-0.2, -0.15) is 0 Å². The van der Waals surface area contributed by atoms with E-state index in [-0.39, 0.29) is 5.54 Å². The second-order valence-electron chi connectivity index (χ2n) is 5.11. The number of anilines is 1. The van der Waals surface area contributed by atoms with E-state index < -0.39 is 0 Å². The van der Waals surface area contributed by atoms with Gasteiger partial charge in [-0.1, -0.05) is 30.3 Å². The summed E-state index contributed by atoms with van der Waals surface area (Å²) in [5.41, 5.74) is 6.81. The first-order chi connectivity index (χ1) is 8.11. The lowest BCUT2D eigenvalue weighted by atomic mass is 10.00. The molecule has 2 aromatic rings. The summed E-state index contributed by atoms with van der Waals surface area (Å²) in [6.07, 6.45) is 0.958. The van der Waals surface area contributed by atoms with Crippen LogP contribution in [0.2, 0.25) is 0 Å². The zero-order valence-electron chi connectivity index (χ0n) is 10.5. The van der Waals surface area contributed by atoms with Crippen molar-refractivity contribution in [3.8, 4) is 0 Å². The van der Waals surface area contributed by atoms with Crippen LogP contribution in [0.25, 0.3) is 10.8 Å². The Kier molecular flexibility index (Phi) is 3.34. The summed E-state index contributed by atoms with van der Waals surface area (Å²) >= 11 is 0. The van der Waals surface area contributed by atoms with Gasteiger partial charge in [-0.3, -0.25) is 0 Å². The Hall–Kier alpha value is -1.54. The van der Waals surface area contributed by atoms with Crippen LogP contribution in [0.4, 0.5) is 5.69 Å². The zero-order valence-corrected chi connectivity index (χ0v) is 10.5. The summed E-state index contributed by atoms with van der Waals surface area (Å²) in [5.74, 6) is 0. The van der Waals surface area contributed by atoms with Gasteiger partial charge in [-0.15, -0.1) is 0 Å². The SMILES string of the molecule is CC(C)(CCN)Nc1ccc2ccccc2c1. The van der Waals surface area contributed by atoms with E-state index >= 15 is 0 Å². The highest BCUT2D eigenvalue weighted by atomic mass is 15.0. The number of benzene rings is 2. The van der Waals surface area contributed by atoms with Crippen LogP contribution in [-0.2, 0) is 0 Å². The lowest BCUT2D eigenvalue weighted by Gasteiger charge is -2.27. The Labute approximate surface area is 103 Å². The van der Waals surface area contributed by atoms with E-state index in [1.807, 2.05) is 0 Å². The molecule has 0 bridgehead atoms. The number of nitrogens with one attached hydrogen (secondary N) is 1. The largest absolute Gasteiger partial charge is 0.380 e. The van der Waals surface area contributed by atoms with Gasteiger partial charge in [-0.25, -0.2) is 0 Å². The van der Waals surface area contributed by atoms with Crippen molar-refractivity contribution in [1.29, 1.82) is 0 Å². The average molecular weight is 228 g/mol. The van der Waals surface area contributed by atoms with Gasteiger partial charge in [0.05, 0.1) is 0 Å². The maximum absolute atomic E-state index is 5.62. The van der Waals surface area contributed by atoms with Crippen LogP contribution in [0, 0.1) is 0 Å². The molecule has 0 aliphatic heterocycles. The Morgan fingerprint density at radius 3 is 2.47 bits per heavy atom. The molecule has 3 N–H and O–H groups in total. The molecule has 0 fully saturated rings. The minimum atomic E-state index is 0.0389. The summed E-state index contributed by atoms with van der Waals surface area (Å²) in [5, 5.41) is 6.07. The van der Waals surface area contributed by atoms with Crippen molar-refractivity contribution in [3.63, 3.8) is 0 Å². The van der Waals surface area contributed by atoms with Gasteiger partial charge < -0.3 is 11.1 Å². The van der Waals surface area contributed by atoms with Crippen LogP contribution in [0.15, 0.2) is 42.5 Å². The molecule has 0 saturated heterocycles. The molecule has 0 spiro atoms. The molecule has 0 unspecified atom stereocenters. The maximum atomic E-state index is 5.62. The second-order valence-corrected chi connectivity index (χ2v) is 5.11.